The molecule has 29 heavy (non-hydrogen) atoms. The van der Waals surface area contributed by atoms with Crippen molar-refractivity contribution in [2.75, 3.05) is 13.1 Å². The number of pyridine rings is 1. The van der Waals surface area contributed by atoms with E-state index in [2.05, 4.69) is 5.10 Å². The number of aromatic nitrogens is 3. The quantitative estimate of drug-likeness (QED) is 0.768. The van der Waals surface area contributed by atoms with Crippen molar-refractivity contribution in [3.8, 4) is 0 Å². The van der Waals surface area contributed by atoms with Crippen LogP contribution in [0.1, 0.15) is 64.4 Å². The Bertz CT molecular complexity index is 1090. The molecule has 0 spiro atoms. The molecule has 0 aliphatic carbocycles. The molecule has 2 aliphatic rings. The highest BCUT2D eigenvalue weighted by Gasteiger charge is 2.41. The molecule has 4 rings (SSSR count). The second-order valence-electron chi connectivity index (χ2n) is 9.69. The molecule has 4 heterocycles. The maximum absolute atomic E-state index is 13.7. The molecule has 2 bridgehead atoms. The SMILES string of the molecule is CC(C)n1cc(S(=O)(=O)N2CC3CC(C2)c2cccc(=O)n2C3)c(C(C)(C)C)n1. The molecule has 2 aliphatic heterocycles. The minimum Gasteiger partial charge on any atom is -0.312 e. The summed E-state index contributed by atoms with van der Waals surface area (Å²) >= 11 is 0. The summed E-state index contributed by atoms with van der Waals surface area (Å²) in [6.45, 7) is 11.4. The zero-order chi connectivity index (χ0) is 21.1. The lowest BCUT2D eigenvalue weighted by atomic mass is 9.84. The second kappa shape index (κ2) is 6.80. The highest BCUT2D eigenvalue weighted by Crippen LogP contribution is 2.38. The number of fused-ring (bicyclic) bond motifs is 4. The second-order valence-corrected chi connectivity index (χ2v) is 11.6. The number of piperidine rings is 1. The van der Waals surface area contributed by atoms with E-state index in [4.69, 9.17) is 0 Å². The average molecular weight is 419 g/mol. The maximum Gasteiger partial charge on any atom is 0.250 e. The van der Waals surface area contributed by atoms with Gasteiger partial charge in [0.25, 0.3) is 5.56 Å². The van der Waals surface area contributed by atoms with Gasteiger partial charge in [0.05, 0.1) is 5.69 Å². The van der Waals surface area contributed by atoms with E-state index in [1.165, 1.54) is 0 Å². The van der Waals surface area contributed by atoms with Crippen molar-refractivity contribution < 1.29 is 8.42 Å². The number of hydrogen-bond donors (Lipinski definition) is 0. The fourth-order valence-electron chi connectivity index (χ4n) is 4.54. The molecule has 0 aromatic carbocycles. The lowest BCUT2D eigenvalue weighted by Crippen LogP contribution is -2.49. The normalized spacial score (nSPS) is 22.7. The predicted molar refractivity (Wildman–Crippen MR) is 112 cm³/mol. The van der Waals surface area contributed by atoms with Crippen molar-refractivity contribution in [3.05, 3.63) is 46.1 Å². The molecule has 0 saturated carbocycles. The van der Waals surface area contributed by atoms with Gasteiger partial charge in [0.15, 0.2) is 0 Å². The van der Waals surface area contributed by atoms with E-state index >= 15 is 0 Å². The van der Waals surface area contributed by atoms with Crippen LogP contribution in [0.25, 0.3) is 0 Å². The van der Waals surface area contributed by atoms with Crippen LogP contribution >= 0.6 is 0 Å². The van der Waals surface area contributed by atoms with Gasteiger partial charge in [-0.2, -0.15) is 9.40 Å². The van der Waals surface area contributed by atoms with E-state index in [0.29, 0.717) is 30.2 Å². The Morgan fingerprint density at radius 2 is 1.86 bits per heavy atom. The van der Waals surface area contributed by atoms with E-state index < -0.39 is 10.0 Å². The molecule has 0 N–H and O–H groups in total. The Hall–Kier alpha value is -1.93. The van der Waals surface area contributed by atoms with Crippen LogP contribution in [-0.4, -0.2) is 40.2 Å². The van der Waals surface area contributed by atoms with E-state index in [1.54, 1.807) is 27.3 Å². The minimum absolute atomic E-state index is 0.00161. The highest BCUT2D eigenvalue weighted by molar-refractivity contribution is 7.89. The summed E-state index contributed by atoms with van der Waals surface area (Å²) in [7, 11) is -3.68. The molecule has 2 atom stereocenters. The van der Waals surface area contributed by atoms with Crippen molar-refractivity contribution in [2.45, 2.75) is 69.9 Å². The first kappa shape index (κ1) is 20.3. The van der Waals surface area contributed by atoms with Crippen molar-refractivity contribution >= 4 is 10.0 Å². The van der Waals surface area contributed by atoms with Gasteiger partial charge in [-0.3, -0.25) is 9.48 Å². The summed E-state index contributed by atoms with van der Waals surface area (Å²) in [6.07, 6.45) is 2.61. The Labute approximate surface area is 172 Å². The molecule has 0 radical (unpaired) electrons. The molecule has 158 valence electrons. The van der Waals surface area contributed by atoms with Gasteiger partial charge in [-0.1, -0.05) is 26.8 Å². The van der Waals surface area contributed by atoms with Crippen LogP contribution in [0.4, 0.5) is 0 Å². The molecule has 2 aromatic heterocycles. The zero-order valence-corrected chi connectivity index (χ0v) is 18.6. The van der Waals surface area contributed by atoms with E-state index in [1.807, 2.05) is 45.3 Å². The van der Waals surface area contributed by atoms with Gasteiger partial charge in [0.2, 0.25) is 10.0 Å². The predicted octanol–water partition coefficient (Wildman–Crippen LogP) is 2.73. The van der Waals surface area contributed by atoms with Crippen LogP contribution in [0, 0.1) is 5.92 Å². The monoisotopic (exact) mass is 418 g/mol. The molecule has 2 aromatic rings. The summed E-state index contributed by atoms with van der Waals surface area (Å²) < 4.78 is 32.6. The van der Waals surface area contributed by atoms with Gasteiger partial charge in [0, 0.05) is 55.0 Å². The molecule has 2 unspecified atom stereocenters. The highest BCUT2D eigenvalue weighted by atomic mass is 32.2. The van der Waals surface area contributed by atoms with Crippen LogP contribution in [0.15, 0.2) is 34.1 Å². The first-order valence-electron chi connectivity index (χ1n) is 10.3. The molecular weight excluding hydrogens is 388 g/mol. The number of nitrogens with zero attached hydrogens (tertiary/aromatic N) is 4. The van der Waals surface area contributed by atoms with Crippen molar-refractivity contribution in [1.82, 2.24) is 18.7 Å². The van der Waals surface area contributed by atoms with Crippen LogP contribution < -0.4 is 5.56 Å². The van der Waals surface area contributed by atoms with Crippen molar-refractivity contribution in [2.24, 2.45) is 5.92 Å². The summed E-state index contributed by atoms with van der Waals surface area (Å²) in [5.41, 5.74) is 1.18. The van der Waals surface area contributed by atoms with E-state index in [9.17, 15) is 13.2 Å². The first-order chi connectivity index (χ1) is 13.5. The third kappa shape index (κ3) is 3.46. The molecule has 1 saturated heterocycles. The van der Waals surface area contributed by atoms with E-state index in [-0.39, 0.29) is 28.9 Å². The van der Waals surface area contributed by atoms with E-state index in [0.717, 1.165) is 12.1 Å². The topological polar surface area (TPSA) is 77.2 Å². The largest absolute Gasteiger partial charge is 0.312 e. The number of rotatable bonds is 3. The fourth-order valence-corrected chi connectivity index (χ4v) is 6.43. The first-order valence-corrected chi connectivity index (χ1v) is 11.7. The van der Waals surface area contributed by atoms with Crippen LogP contribution in [0.3, 0.4) is 0 Å². The Morgan fingerprint density at radius 3 is 2.52 bits per heavy atom. The minimum atomic E-state index is -3.68. The average Bonchev–Trinajstić information content (AvgIpc) is 3.09. The third-order valence-corrected chi connectivity index (χ3v) is 7.83. The number of hydrogen-bond acceptors (Lipinski definition) is 4. The van der Waals surface area contributed by atoms with Crippen LogP contribution in [-0.2, 0) is 22.0 Å². The smallest absolute Gasteiger partial charge is 0.250 e. The summed E-state index contributed by atoms with van der Waals surface area (Å²) in [5, 5.41) is 4.63. The fraction of sp³-hybridized carbons (Fsp3) is 0.619. The van der Waals surface area contributed by atoms with Crippen LogP contribution in [0.2, 0.25) is 0 Å². The summed E-state index contributed by atoms with van der Waals surface area (Å²) in [4.78, 5) is 12.5. The molecule has 8 heteroatoms. The summed E-state index contributed by atoms with van der Waals surface area (Å²) in [5.74, 6) is 0.193. The van der Waals surface area contributed by atoms with Gasteiger partial charge in [-0.25, -0.2) is 8.42 Å². The Kier molecular flexibility index (Phi) is 4.77. The van der Waals surface area contributed by atoms with Crippen LogP contribution in [0.5, 0.6) is 0 Å². The maximum atomic E-state index is 13.7. The Morgan fingerprint density at radius 1 is 1.14 bits per heavy atom. The summed E-state index contributed by atoms with van der Waals surface area (Å²) in [6, 6.07) is 5.39. The van der Waals surface area contributed by atoms with Crippen molar-refractivity contribution in [1.29, 1.82) is 0 Å². The van der Waals surface area contributed by atoms with Gasteiger partial charge >= 0.3 is 0 Å². The standard InChI is InChI=1S/C21H30N4O3S/c1-14(2)25-13-18(20(22-25)21(3,4)5)29(27,28)23-10-15-9-16(12-23)17-7-6-8-19(26)24(17)11-15/h6-8,13-16H,9-12H2,1-5H3. The van der Waals surface area contributed by atoms with Gasteiger partial charge in [-0.15, -0.1) is 0 Å². The lowest BCUT2D eigenvalue weighted by molar-refractivity contribution is 0.186. The molecule has 0 amide bonds. The van der Waals surface area contributed by atoms with Gasteiger partial charge in [-0.05, 0) is 32.3 Å². The molecular formula is C21H30N4O3S. The molecule has 1 fully saturated rings. The third-order valence-electron chi connectivity index (χ3n) is 6.00. The number of sulfonamides is 1. The molecule has 7 nitrogen and oxygen atoms in total. The zero-order valence-electron chi connectivity index (χ0n) is 17.8. The lowest BCUT2D eigenvalue weighted by Gasteiger charge is -2.42. The van der Waals surface area contributed by atoms with Crippen molar-refractivity contribution in [3.63, 3.8) is 0 Å². The Balaban J connectivity index is 1.74. The van der Waals surface area contributed by atoms with Gasteiger partial charge in [0.1, 0.15) is 4.90 Å². The van der Waals surface area contributed by atoms with Gasteiger partial charge < -0.3 is 4.57 Å².